The summed E-state index contributed by atoms with van der Waals surface area (Å²) in [6, 6.07) is 20.9. The van der Waals surface area contributed by atoms with Crippen LogP contribution in [0.25, 0.3) is 39.1 Å². The molecule has 0 aliphatic heterocycles. The lowest BCUT2D eigenvalue weighted by Gasteiger charge is -2.12. The predicted octanol–water partition coefficient (Wildman–Crippen LogP) is 4.34. The van der Waals surface area contributed by atoms with E-state index in [0.29, 0.717) is 11.4 Å². The number of hydrogen-bond acceptors (Lipinski definition) is 4. The third-order valence-corrected chi connectivity index (χ3v) is 4.41. The Morgan fingerprint density at radius 1 is 0.769 bits per heavy atom. The number of nitrogens with zero attached hydrogens (tertiary/aromatic N) is 4. The summed E-state index contributed by atoms with van der Waals surface area (Å²) in [6.07, 6.45) is 3.52. The minimum absolute atomic E-state index is 0.178. The number of hydrogen-bond donors (Lipinski definition) is 1. The molecule has 0 amide bonds. The van der Waals surface area contributed by atoms with E-state index < -0.39 is 0 Å². The molecule has 5 rings (SSSR count). The van der Waals surface area contributed by atoms with Gasteiger partial charge in [0.05, 0.1) is 16.8 Å². The Hall–Kier alpha value is -3.73. The molecule has 5 nitrogen and oxygen atoms in total. The number of benzene rings is 2. The number of phenolic OH excluding ortho intramolecular Hbond substituents is 1. The average molecular weight is 338 g/mol. The molecule has 0 unspecified atom stereocenters. The molecule has 5 heteroatoms. The average Bonchev–Trinajstić information content (AvgIpc) is 3.07. The SMILES string of the molecule is Oc1ccccc1-c1nc2cccnc2n1-c1cccc2cccnc12. The van der Waals surface area contributed by atoms with Crippen LogP contribution in [0.2, 0.25) is 0 Å². The molecule has 0 saturated carbocycles. The van der Waals surface area contributed by atoms with Crippen LogP contribution in [0.3, 0.4) is 0 Å². The van der Waals surface area contributed by atoms with Crippen LogP contribution in [0, 0.1) is 0 Å². The van der Waals surface area contributed by atoms with Gasteiger partial charge in [0.25, 0.3) is 0 Å². The fourth-order valence-corrected chi connectivity index (χ4v) is 3.25. The van der Waals surface area contributed by atoms with E-state index in [-0.39, 0.29) is 5.75 Å². The summed E-state index contributed by atoms with van der Waals surface area (Å²) >= 11 is 0. The number of aromatic hydroxyl groups is 1. The van der Waals surface area contributed by atoms with Crippen molar-refractivity contribution in [3.05, 3.63) is 79.1 Å². The van der Waals surface area contributed by atoms with Gasteiger partial charge in [-0.15, -0.1) is 0 Å². The van der Waals surface area contributed by atoms with Crippen molar-refractivity contribution < 1.29 is 5.11 Å². The lowest BCUT2D eigenvalue weighted by molar-refractivity contribution is 0.477. The molecule has 3 heterocycles. The van der Waals surface area contributed by atoms with Gasteiger partial charge in [-0.05, 0) is 36.4 Å². The van der Waals surface area contributed by atoms with Gasteiger partial charge in [0.15, 0.2) is 11.5 Å². The number of rotatable bonds is 2. The third kappa shape index (κ3) is 2.14. The quantitative estimate of drug-likeness (QED) is 0.520. The molecule has 3 aromatic heterocycles. The van der Waals surface area contributed by atoms with Gasteiger partial charge in [-0.25, -0.2) is 9.97 Å². The lowest BCUT2D eigenvalue weighted by atomic mass is 10.1. The first-order chi connectivity index (χ1) is 12.8. The van der Waals surface area contributed by atoms with Crippen molar-refractivity contribution >= 4 is 22.1 Å². The summed E-state index contributed by atoms with van der Waals surface area (Å²) in [6.45, 7) is 0. The number of para-hydroxylation sites is 2. The highest BCUT2D eigenvalue weighted by Crippen LogP contribution is 2.34. The van der Waals surface area contributed by atoms with Crippen LogP contribution in [0.4, 0.5) is 0 Å². The Balaban J connectivity index is 1.93. The fraction of sp³-hybridized carbons (Fsp3) is 0. The van der Waals surface area contributed by atoms with E-state index in [9.17, 15) is 5.11 Å². The predicted molar refractivity (Wildman–Crippen MR) is 101 cm³/mol. The van der Waals surface area contributed by atoms with Crippen LogP contribution >= 0.6 is 0 Å². The van der Waals surface area contributed by atoms with Crippen LogP contribution in [0.5, 0.6) is 5.75 Å². The van der Waals surface area contributed by atoms with Gasteiger partial charge in [-0.1, -0.05) is 30.3 Å². The molecular weight excluding hydrogens is 324 g/mol. The maximum atomic E-state index is 10.4. The first-order valence-corrected chi connectivity index (χ1v) is 8.29. The smallest absolute Gasteiger partial charge is 0.165 e. The Morgan fingerprint density at radius 2 is 1.58 bits per heavy atom. The fourth-order valence-electron chi connectivity index (χ4n) is 3.25. The maximum absolute atomic E-state index is 10.4. The summed E-state index contributed by atoms with van der Waals surface area (Å²) in [5.74, 6) is 0.812. The maximum Gasteiger partial charge on any atom is 0.165 e. The summed E-state index contributed by atoms with van der Waals surface area (Å²) in [5.41, 5.74) is 3.88. The third-order valence-electron chi connectivity index (χ3n) is 4.41. The van der Waals surface area contributed by atoms with E-state index in [4.69, 9.17) is 4.98 Å². The lowest BCUT2D eigenvalue weighted by Crippen LogP contribution is -2.00. The largest absolute Gasteiger partial charge is 0.507 e. The molecule has 0 saturated heterocycles. The Morgan fingerprint density at radius 3 is 2.50 bits per heavy atom. The molecular formula is C21H14N4O. The van der Waals surface area contributed by atoms with Crippen LogP contribution in [-0.4, -0.2) is 24.6 Å². The minimum atomic E-state index is 0.178. The summed E-state index contributed by atoms with van der Waals surface area (Å²) < 4.78 is 1.96. The monoisotopic (exact) mass is 338 g/mol. The summed E-state index contributed by atoms with van der Waals surface area (Å²) in [5, 5.41) is 11.4. The van der Waals surface area contributed by atoms with Crippen LogP contribution in [0.15, 0.2) is 79.1 Å². The second-order valence-corrected chi connectivity index (χ2v) is 5.99. The molecule has 5 aromatic rings. The van der Waals surface area contributed by atoms with Crippen LogP contribution in [0.1, 0.15) is 0 Å². The van der Waals surface area contributed by atoms with E-state index in [1.54, 1.807) is 24.5 Å². The van der Waals surface area contributed by atoms with Crippen molar-refractivity contribution in [2.45, 2.75) is 0 Å². The van der Waals surface area contributed by atoms with Gasteiger partial charge in [-0.2, -0.15) is 0 Å². The van der Waals surface area contributed by atoms with E-state index in [2.05, 4.69) is 9.97 Å². The van der Waals surface area contributed by atoms with Gasteiger partial charge in [0.2, 0.25) is 0 Å². The van der Waals surface area contributed by atoms with Gasteiger partial charge >= 0.3 is 0 Å². The van der Waals surface area contributed by atoms with Crippen molar-refractivity contribution in [3.63, 3.8) is 0 Å². The molecule has 0 atom stereocenters. The van der Waals surface area contributed by atoms with Crippen molar-refractivity contribution in [2.24, 2.45) is 0 Å². The molecule has 26 heavy (non-hydrogen) atoms. The number of aromatic nitrogens is 4. The number of pyridine rings is 2. The van der Waals surface area contributed by atoms with E-state index in [0.717, 1.165) is 27.8 Å². The first kappa shape index (κ1) is 14.6. The summed E-state index contributed by atoms with van der Waals surface area (Å²) in [4.78, 5) is 13.8. The second kappa shape index (κ2) is 5.67. The molecule has 0 radical (unpaired) electrons. The van der Waals surface area contributed by atoms with Crippen molar-refractivity contribution in [2.75, 3.05) is 0 Å². The Bertz CT molecular complexity index is 1250. The minimum Gasteiger partial charge on any atom is -0.507 e. The second-order valence-electron chi connectivity index (χ2n) is 5.99. The number of imidazole rings is 1. The van der Waals surface area contributed by atoms with Gasteiger partial charge < -0.3 is 5.11 Å². The van der Waals surface area contributed by atoms with Gasteiger partial charge in [0.1, 0.15) is 11.3 Å². The zero-order chi connectivity index (χ0) is 17.5. The highest BCUT2D eigenvalue weighted by Gasteiger charge is 2.19. The Labute approximate surface area is 149 Å². The number of phenols is 1. The topological polar surface area (TPSA) is 63.8 Å². The van der Waals surface area contributed by atoms with Gasteiger partial charge in [0, 0.05) is 17.8 Å². The van der Waals surface area contributed by atoms with Gasteiger partial charge in [-0.3, -0.25) is 9.55 Å². The van der Waals surface area contributed by atoms with E-state index in [1.165, 1.54) is 0 Å². The van der Waals surface area contributed by atoms with Crippen LogP contribution in [-0.2, 0) is 0 Å². The zero-order valence-corrected chi connectivity index (χ0v) is 13.7. The van der Waals surface area contributed by atoms with E-state index >= 15 is 0 Å². The molecule has 0 aliphatic carbocycles. The Kier molecular flexibility index (Phi) is 3.18. The highest BCUT2D eigenvalue weighted by atomic mass is 16.3. The first-order valence-electron chi connectivity index (χ1n) is 8.29. The molecule has 124 valence electrons. The summed E-state index contributed by atoms with van der Waals surface area (Å²) in [7, 11) is 0. The van der Waals surface area contributed by atoms with Crippen molar-refractivity contribution in [1.29, 1.82) is 0 Å². The normalized spacial score (nSPS) is 11.2. The number of fused-ring (bicyclic) bond motifs is 2. The molecule has 0 fully saturated rings. The van der Waals surface area contributed by atoms with E-state index in [1.807, 2.05) is 59.2 Å². The molecule has 2 aromatic carbocycles. The van der Waals surface area contributed by atoms with Crippen LogP contribution < -0.4 is 0 Å². The zero-order valence-electron chi connectivity index (χ0n) is 13.7. The molecule has 1 N–H and O–H groups in total. The molecule has 0 spiro atoms. The standard InChI is InChI=1S/C21H14N4O/c26-18-11-2-1-8-15(18)20-24-16-9-5-13-23-21(16)25(20)17-10-3-6-14-7-4-12-22-19(14)17/h1-13,26H. The highest BCUT2D eigenvalue weighted by molar-refractivity contribution is 5.91. The molecule has 0 aliphatic rings. The van der Waals surface area contributed by atoms with Crippen molar-refractivity contribution in [3.8, 4) is 22.8 Å². The molecule has 0 bridgehead atoms. The van der Waals surface area contributed by atoms with Crippen molar-refractivity contribution in [1.82, 2.24) is 19.5 Å².